The molecule has 0 saturated carbocycles. The summed E-state index contributed by atoms with van der Waals surface area (Å²) >= 11 is 1.69. The van der Waals surface area contributed by atoms with E-state index in [1.165, 1.54) is 4.90 Å². The van der Waals surface area contributed by atoms with Gasteiger partial charge in [0, 0.05) is 16.3 Å². The normalized spacial score (nSPS) is 10.0. The van der Waals surface area contributed by atoms with Crippen LogP contribution in [0.25, 0.3) is 0 Å². The van der Waals surface area contributed by atoms with Gasteiger partial charge in [-0.3, -0.25) is 4.98 Å². The van der Waals surface area contributed by atoms with Crippen LogP contribution in [0.1, 0.15) is 17.0 Å². The van der Waals surface area contributed by atoms with Crippen molar-refractivity contribution in [1.82, 2.24) is 4.98 Å². The zero-order valence-electron chi connectivity index (χ0n) is 11.2. The van der Waals surface area contributed by atoms with E-state index in [0.29, 0.717) is 5.56 Å². The van der Waals surface area contributed by atoms with Crippen molar-refractivity contribution in [3.63, 3.8) is 0 Å². The minimum atomic E-state index is 0.597. The van der Waals surface area contributed by atoms with Crippen molar-refractivity contribution in [2.75, 3.05) is 11.6 Å². The molecule has 0 aliphatic carbocycles. The maximum Gasteiger partial charge on any atom is 0.103 e. The Balaban J connectivity index is 2.40. The topological polar surface area (TPSA) is 48.7 Å². The molecule has 3 nitrogen and oxygen atoms in total. The first-order valence-electron chi connectivity index (χ1n) is 5.93. The number of nitrogens with zero attached hydrogens (tertiary/aromatic N) is 2. The van der Waals surface area contributed by atoms with E-state index >= 15 is 0 Å². The van der Waals surface area contributed by atoms with Crippen molar-refractivity contribution in [2.45, 2.75) is 18.7 Å². The zero-order chi connectivity index (χ0) is 13.8. The molecule has 0 radical (unpaired) electrons. The average molecular weight is 269 g/mol. The summed E-state index contributed by atoms with van der Waals surface area (Å²) in [6.07, 6.45) is 2.04. The second kappa shape index (κ2) is 5.77. The number of nitrogens with one attached hydrogen (secondary N) is 1. The van der Waals surface area contributed by atoms with Gasteiger partial charge in [-0.15, -0.1) is 11.8 Å². The van der Waals surface area contributed by atoms with Crippen molar-refractivity contribution in [3.8, 4) is 6.07 Å². The SMILES string of the molecule is CSc1cccc(Nc2cc(C)nc(C)c2C#N)c1. The molecule has 0 atom stereocenters. The van der Waals surface area contributed by atoms with Gasteiger partial charge in [-0.2, -0.15) is 5.26 Å². The van der Waals surface area contributed by atoms with Gasteiger partial charge in [0.1, 0.15) is 6.07 Å². The Morgan fingerprint density at radius 1 is 1.26 bits per heavy atom. The molecule has 0 saturated heterocycles. The molecule has 0 unspecified atom stereocenters. The van der Waals surface area contributed by atoms with Gasteiger partial charge in [0.15, 0.2) is 0 Å². The third kappa shape index (κ3) is 3.07. The Hall–Kier alpha value is -1.99. The molecule has 1 aromatic heterocycles. The lowest BCUT2D eigenvalue weighted by Crippen LogP contribution is -1.99. The first-order valence-corrected chi connectivity index (χ1v) is 7.16. The number of thioether (sulfide) groups is 1. The number of hydrogen-bond donors (Lipinski definition) is 1. The molecule has 0 amide bonds. The number of aromatic nitrogens is 1. The summed E-state index contributed by atoms with van der Waals surface area (Å²) in [6.45, 7) is 3.78. The van der Waals surface area contributed by atoms with E-state index in [1.807, 2.05) is 38.3 Å². The Morgan fingerprint density at radius 3 is 2.74 bits per heavy atom. The fourth-order valence-corrected chi connectivity index (χ4v) is 2.38. The van der Waals surface area contributed by atoms with Gasteiger partial charge in [0.05, 0.1) is 16.9 Å². The van der Waals surface area contributed by atoms with Crippen molar-refractivity contribution in [2.24, 2.45) is 0 Å². The maximum atomic E-state index is 9.23. The van der Waals surface area contributed by atoms with Crippen LogP contribution >= 0.6 is 11.8 Å². The van der Waals surface area contributed by atoms with Crippen molar-refractivity contribution < 1.29 is 0 Å². The van der Waals surface area contributed by atoms with Crippen LogP contribution in [-0.4, -0.2) is 11.2 Å². The van der Waals surface area contributed by atoms with Crippen LogP contribution in [0.4, 0.5) is 11.4 Å². The molecular formula is C15H15N3S. The Kier molecular flexibility index (Phi) is 4.08. The molecule has 0 bridgehead atoms. The van der Waals surface area contributed by atoms with Gasteiger partial charge < -0.3 is 5.32 Å². The Morgan fingerprint density at radius 2 is 2.05 bits per heavy atom. The maximum absolute atomic E-state index is 9.23. The third-order valence-corrected chi connectivity index (χ3v) is 3.51. The second-order valence-corrected chi connectivity index (χ2v) is 5.12. The number of aryl methyl sites for hydroxylation is 2. The first-order chi connectivity index (χ1) is 9.13. The van der Waals surface area contributed by atoms with Crippen molar-refractivity contribution in [3.05, 3.63) is 47.3 Å². The molecule has 4 heteroatoms. The van der Waals surface area contributed by atoms with E-state index in [2.05, 4.69) is 28.5 Å². The summed E-state index contributed by atoms with van der Waals surface area (Å²) in [5.74, 6) is 0. The highest BCUT2D eigenvalue weighted by Gasteiger charge is 2.08. The number of anilines is 2. The molecule has 2 aromatic rings. The summed E-state index contributed by atoms with van der Waals surface area (Å²) in [5.41, 5.74) is 4.05. The van der Waals surface area contributed by atoms with Crippen LogP contribution in [0.15, 0.2) is 35.2 Å². The van der Waals surface area contributed by atoms with E-state index in [1.54, 1.807) is 11.8 Å². The summed E-state index contributed by atoms with van der Waals surface area (Å²) in [4.78, 5) is 5.50. The van der Waals surface area contributed by atoms with Gasteiger partial charge >= 0.3 is 0 Å². The average Bonchev–Trinajstić information content (AvgIpc) is 2.38. The minimum absolute atomic E-state index is 0.597. The quantitative estimate of drug-likeness (QED) is 0.854. The predicted molar refractivity (Wildman–Crippen MR) is 79.9 cm³/mol. The minimum Gasteiger partial charge on any atom is -0.354 e. The van der Waals surface area contributed by atoms with Crippen LogP contribution in [0, 0.1) is 25.2 Å². The van der Waals surface area contributed by atoms with Gasteiger partial charge in [0.2, 0.25) is 0 Å². The standard InChI is InChI=1S/C15H15N3S/c1-10-7-15(14(9-16)11(2)17-10)18-12-5-4-6-13(8-12)19-3/h4-8H,1-3H3,(H,17,18). The van der Waals surface area contributed by atoms with Crippen molar-refractivity contribution in [1.29, 1.82) is 5.26 Å². The molecule has 1 heterocycles. The smallest absolute Gasteiger partial charge is 0.103 e. The lowest BCUT2D eigenvalue weighted by molar-refractivity contribution is 1.11. The van der Waals surface area contributed by atoms with Crippen LogP contribution < -0.4 is 5.32 Å². The van der Waals surface area contributed by atoms with E-state index in [9.17, 15) is 5.26 Å². The van der Waals surface area contributed by atoms with Gasteiger partial charge in [-0.1, -0.05) is 6.07 Å². The third-order valence-electron chi connectivity index (χ3n) is 2.79. The molecule has 0 fully saturated rings. The Bertz CT molecular complexity index is 644. The highest BCUT2D eigenvalue weighted by molar-refractivity contribution is 7.98. The highest BCUT2D eigenvalue weighted by Crippen LogP contribution is 2.25. The molecule has 0 spiro atoms. The molecule has 0 aliphatic rings. The molecule has 19 heavy (non-hydrogen) atoms. The number of hydrogen-bond acceptors (Lipinski definition) is 4. The summed E-state index contributed by atoms with van der Waals surface area (Å²) in [6, 6.07) is 12.2. The lowest BCUT2D eigenvalue weighted by atomic mass is 10.1. The van der Waals surface area contributed by atoms with Gasteiger partial charge in [0.25, 0.3) is 0 Å². The number of rotatable bonds is 3. The molecular weight excluding hydrogens is 254 g/mol. The van der Waals surface area contributed by atoms with Gasteiger partial charge in [-0.25, -0.2) is 0 Å². The van der Waals surface area contributed by atoms with E-state index in [-0.39, 0.29) is 0 Å². The van der Waals surface area contributed by atoms with Crippen LogP contribution in [0.3, 0.4) is 0 Å². The van der Waals surface area contributed by atoms with Crippen LogP contribution in [0.2, 0.25) is 0 Å². The van der Waals surface area contributed by atoms with E-state index < -0.39 is 0 Å². The second-order valence-electron chi connectivity index (χ2n) is 4.24. The molecule has 2 rings (SSSR count). The highest BCUT2D eigenvalue weighted by atomic mass is 32.2. The first kappa shape index (κ1) is 13.4. The zero-order valence-corrected chi connectivity index (χ0v) is 12.0. The fourth-order valence-electron chi connectivity index (χ4n) is 1.92. The number of nitriles is 1. The monoisotopic (exact) mass is 269 g/mol. The fraction of sp³-hybridized carbons (Fsp3) is 0.200. The molecule has 1 N–H and O–H groups in total. The van der Waals surface area contributed by atoms with Crippen LogP contribution in [0.5, 0.6) is 0 Å². The lowest BCUT2D eigenvalue weighted by Gasteiger charge is -2.11. The molecule has 0 aliphatic heterocycles. The van der Waals surface area contributed by atoms with Crippen LogP contribution in [-0.2, 0) is 0 Å². The van der Waals surface area contributed by atoms with Gasteiger partial charge in [-0.05, 0) is 44.4 Å². The van der Waals surface area contributed by atoms with Crippen molar-refractivity contribution >= 4 is 23.1 Å². The van der Waals surface area contributed by atoms with E-state index in [0.717, 1.165) is 22.8 Å². The summed E-state index contributed by atoms with van der Waals surface area (Å²) < 4.78 is 0. The summed E-state index contributed by atoms with van der Waals surface area (Å²) in [7, 11) is 0. The number of benzene rings is 1. The Labute approximate surface area is 117 Å². The predicted octanol–water partition coefficient (Wildman–Crippen LogP) is 4.04. The molecule has 96 valence electrons. The summed E-state index contributed by atoms with van der Waals surface area (Å²) in [5, 5.41) is 12.5. The van der Waals surface area contributed by atoms with E-state index in [4.69, 9.17) is 0 Å². The largest absolute Gasteiger partial charge is 0.354 e. The molecule has 1 aromatic carbocycles. The number of pyridine rings is 1.